The molecule has 0 radical (unpaired) electrons. The minimum atomic E-state index is -0.382. The lowest BCUT2D eigenvalue weighted by Crippen LogP contribution is -2.12. The highest BCUT2D eigenvalue weighted by Crippen LogP contribution is 2.41. The molecule has 0 saturated carbocycles. The highest BCUT2D eigenvalue weighted by atomic mass is 32.1. The van der Waals surface area contributed by atoms with Crippen molar-refractivity contribution in [3.63, 3.8) is 0 Å². The number of rotatable bonds is 5. The molecule has 0 saturated heterocycles. The van der Waals surface area contributed by atoms with Gasteiger partial charge in [0.25, 0.3) is 5.91 Å². The zero-order valence-electron chi connectivity index (χ0n) is 17.6. The fourth-order valence-corrected chi connectivity index (χ4v) is 5.17. The number of hydrogen-bond acceptors (Lipinski definition) is 9. The number of fused-ring (bicyclic) bond motifs is 1. The van der Waals surface area contributed by atoms with Crippen LogP contribution in [0.1, 0.15) is 40.6 Å². The Morgan fingerprint density at radius 2 is 1.94 bits per heavy atom. The third-order valence-electron chi connectivity index (χ3n) is 4.95. The van der Waals surface area contributed by atoms with Gasteiger partial charge in [-0.2, -0.15) is 5.26 Å². The molecule has 4 rings (SSSR count). The zero-order valence-corrected chi connectivity index (χ0v) is 19.2. The van der Waals surface area contributed by atoms with Crippen LogP contribution in [-0.2, 0) is 0 Å². The normalized spacial score (nSPS) is 11.0. The van der Waals surface area contributed by atoms with Crippen LogP contribution in [0.15, 0.2) is 29.6 Å². The smallest absolute Gasteiger partial charge is 0.269 e. The number of carbonyl (C=O) groups excluding carboxylic acids is 1. The van der Waals surface area contributed by atoms with Crippen molar-refractivity contribution in [3.05, 3.63) is 45.6 Å². The molecule has 0 aliphatic carbocycles. The molecule has 32 heavy (non-hydrogen) atoms. The zero-order chi connectivity index (χ0) is 23.0. The number of ether oxygens (including phenoxy) is 1. The van der Waals surface area contributed by atoms with E-state index in [2.05, 4.69) is 21.4 Å². The number of benzene rings is 1. The summed E-state index contributed by atoms with van der Waals surface area (Å²) in [6, 6.07) is 9.62. The molecule has 10 heteroatoms. The van der Waals surface area contributed by atoms with E-state index in [0.29, 0.717) is 37.0 Å². The fraction of sp³-hybridized carbons (Fsp3) is 0.182. The van der Waals surface area contributed by atoms with Crippen molar-refractivity contribution in [1.82, 2.24) is 9.97 Å². The number of aromatic nitrogens is 2. The topological polar surface area (TPSA) is 140 Å². The summed E-state index contributed by atoms with van der Waals surface area (Å²) in [5, 5.41) is 15.3. The summed E-state index contributed by atoms with van der Waals surface area (Å²) in [4.78, 5) is 22.7. The van der Waals surface area contributed by atoms with Crippen LogP contribution in [0, 0.1) is 11.3 Å². The van der Waals surface area contributed by atoms with Gasteiger partial charge in [-0.3, -0.25) is 10.1 Å². The van der Waals surface area contributed by atoms with Gasteiger partial charge in [-0.15, -0.1) is 22.7 Å². The minimum Gasteiger partial charge on any atom is -0.497 e. The van der Waals surface area contributed by atoms with E-state index >= 15 is 0 Å². The Bertz CT molecular complexity index is 1370. The minimum absolute atomic E-state index is 0.0173. The monoisotopic (exact) mass is 464 g/mol. The maximum absolute atomic E-state index is 13.0. The maximum Gasteiger partial charge on any atom is 0.269 e. The molecule has 0 spiro atoms. The number of thiazole rings is 1. The van der Waals surface area contributed by atoms with Crippen molar-refractivity contribution >= 4 is 55.4 Å². The van der Waals surface area contributed by atoms with Crippen LogP contribution in [0.5, 0.6) is 5.75 Å². The van der Waals surface area contributed by atoms with Crippen LogP contribution < -0.4 is 21.5 Å². The van der Waals surface area contributed by atoms with Crippen molar-refractivity contribution in [2.75, 3.05) is 23.9 Å². The van der Waals surface area contributed by atoms with Gasteiger partial charge in [-0.1, -0.05) is 13.8 Å². The van der Waals surface area contributed by atoms with Crippen molar-refractivity contribution in [1.29, 1.82) is 5.26 Å². The second-order valence-electron chi connectivity index (χ2n) is 7.30. The molecule has 4 aromatic rings. The average molecular weight is 465 g/mol. The van der Waals surface area contributed by atoms with Gasteiger partial charge in [0.15, 0.2) is 5.13 Å². The number of thiophene rings is 1. The van der Waals surface area contributed by atoms with Gasteiger partial charge in [0.1, 0.15) is 27.3 Å². The molecule has 0 unspecified atom stereocenters. The Labute approximate surface area is 192 Å². The number of nitrogens with zero attached hydrogens (tertiary/aromatic N) is 3. The van der Waals surface area contributed by atoms with Gasteiger partial charge in [0.2, 0.25) is 0 Å². The standard InChI is InChI=1S/C22H20N6O2S2/c1-10(2)15-13(8-23)19(25)27-21-16(15)17(24)18(32-21)20(29)28-22-26-14(9-31-22)11-4-6-12(30-3)7-5-11/h4-7,9-10H,24H2,1-3H3,(H2,25,27)(H,26,28,29). The predicted molar refractivity (Wildman–Crippen MR) is 129 cm³/mol. The van der Waals surface area contributed by atoms with Crippen molar-refractivity contribution in [3.8, 4) is 23.1 Å². The quantitative estimate of drug-likeness (QED) is 0.384. The number of nitriles is 1. The molecule has 1 amide bonds. The van der Waals surface area contributed by atoms with Gasteiger partial charge in [-0.05, 0) is 35.7 Å². The Kier molecular flexibility index (Phi) is 5.69. The Balaban J connectivity index is 1.66. The highest BCUT2D eigenvalue weighted by molar-refractivity contribution is 7.21. The lowest BCUT2D eigenvalue weighted by atomic mass is 9.95. The van der Waals surface area contributed by atoms with Gasteiger partial charge in [0.05, 0.1) is 24.1 Å². The van der Waals surface area contributed by atoms with Crippen LogP contribution in [0.3, 0.4) is 0 Å². The Hall–Kier alpha value is -3.68. The maximum atomic E-state index is 13.0. The molecular formula is C22H20N6O2S2. The van der Waals surface area contributed by atoms with Crippen molar-refractivity contribution in [2.45, 2.75) is 19.8 Å². The lowest BCUT2D eigenvalue weighted by Gasteiger charge is -2.12. The Morgan fingerprint density at radius 3 is 2.56 bits per heavy atom. The second-order valence-corrected chi connectivity index (χ2v) is 9.15. The molecular weight excluding hydrogens is 444 g/mol. The van der Waals surface area contributed by atoms with Crippen LogP contribution in [0.2, 0.25) is 0 Å². The number of pyridine rings is 1. The molecule has 5 N–H and O–H groups in total. The summed E-state index contributed by atoms with van der Waals surface area (Å²) in [5.41, 5.74) is 15.3. The summed E-state index contributed by atoms with van der Waals surface area (Å²) < 4.78 is 5.18. The third kappa shape index (κ3) is 3.72. The molecule has 162 valence electrons. The summed E-state index contributed by atoms with van der Waals surface area (Å²) in [6.07, 6.45) is 0. The molecule has 0 fully saturated rings. The van der Waals surface area contributed by atoms with Crippen LogP contribution >= 0.6 is 22.7 Å². The molecule has 3 aromatic heterocycles. The molecule has 8 nitrogen and oxygen atoms in total. The van der Waals surface area contributed by atoms with E-state index < -0.39 is 0 Å². The first-order valence-electron chi connectivity index (χ1n) is 9.66. The molecule has 1 aromatic carbocycles. The van der Waals surface area contributed by atoms with Crippen LogP contribution in [0.25, 0.3) is 21.5 Å². The lowest BCUT2D eigenvalue weighted by molar-refractivity contribution is 0.103. The number of carbonyl (C=O) groups is 1. The number of nitrogen functional groups attached to an aromatic ring is 2. The van der Waals surface area contributed by atoms with Gasteiger partial charge >= 0.3 is 0 Å². The molecule has 0 atom stereocenters. The first-order chi connectivity index (χ1) is 15.3. The number of methoxy groups -OCH3 is 1. The first kappa shape index (κ1) is 21.5. The van der Waals surface area contributed by atoms with E-state index in [1.807, 2.05) is 43.5 Å². The number of amides is 1. The number of nitrogens with two attached hydrogens (primary N) is 2. The second kappa shape index (κ2) is 8.45. The summed E-state index contributed by atoms with van der Waals surface area (Å²) >= 11 is 2.47. The number of anilines is 3. The molecule has 3 heterocycles. The first-order valence-corrected chi connectivity index (χ1v) is 11.4. The SMILES string of the molecule is COc1ccc(-c2csc(NC(=O)c3sc4nc(N)c(C#N)c(C(C)C)c4c3N)n2)cc1. The molecule has 0 aliphatic rings. The van der Waals surface area contributed by atoms with Gasteiger partial charge in [-0.25, -0.2) is 9.97 Å². The summed E-state index contributed by atoms with van der Waals surface area (Å²) in [6.45, 7) is 3.89. The summed E-state index contributed by atoms with van der Waals surface area (Å²) in [5.74, 6) is 0.498. The van der Waals surface area contributed by atoms with E-state index in [1.54, 1.807) is 7.11 Å². The average Bonchev–Trinajstić information content (AvgIpc) is 3.37. The van der Waals surface area contributed by atoms with Crippen LogP contribution in [0.4, 0.5) is 16.6 Å². The third-order valence-corrected chi connectivity index (χ3v) is 6.81. The molecule has 0 bridgehead atoms. The summed E-state index contributed by atoms with van der Waals surface area (Å²) in [7, 11) is 1.61. The van der Waals surface area contributed by atoms with Gasteiger partial charge < -0.3 is 16.2 Å². The Morgan fingerprint density at radius 1 is 1.22 bits per heavy atom. The van der Waals surface area contributed by atoms with Crippen molar-refractivity contribution in [2.24, 2.45) is 0 Å². The van der Waals surface area contributed by atoms with E-state index in [1.165, 1.54) is 11.3 Å². The highest BCUT2D eigenvalue weighted by Gasteiger charge is 2.25. The number of nitrogens with one attached hydrogen (secondary N) is 1. The van der Waals surface area contributed by atoms with Crippen molar-refractivity contribution < 1.29 is 9.53 Å². The molecule has 0 aliphatic heterocycles. The van der Waals surface area contributed by atoms with E-state index in [0.717, 1.165) is 28.3 Å². The number of hydrogen-bond donors (Lipinski definition) is 3. The largest absolute Gasteiger partial charge is 0.497 e. The van der Waals surface area contributed by atoms with E-state index in [4.69, 9.17) is 16.2 Å². The van der Waals surface area contributed by atoms with Gasteiger partial charge in [0, 0.05) is 16.3 Å². The van der Waals surface area contributed by atoms with Crippen LogP contribution in [-0.4, -0.2) is 23.0 Å². The fourth-order valence-electron chi connectivity index (χ4n) is 3.44. The van der Waals surface area contributed by atoms with E-state index in [9.17, 15) is 10.1 Å². The predicted octanol–water partition coefficient (Wildman–Crippen LogP) is 4.84. The van der Waals surface area contributed by atoms with E-state index in [-0.39, 0.29) is 17.6 Å².